The Bertz CT molecular complexity index is 1270. The van der Waals surface area contributed by atoms with Crippen molar-refractivity contribution in [3.8, 4) is 0 Å². The van der Waals surface area contributed by atoms with Gasteiger partial charge in [-0.1, -0.05) is 0 Å². The average molecular weight is 700 g/mol. The van der Waals surface area contributed by atoms with E-state index in [2.05, 4.69) is 14.2 Å². The van der Waals surface area contributed by atoms with Crippen molar-refractivity contribution >= 4 is 0 Å². The number of hydrogen-bond acceptors (Lipinski definition) is 4. The molecule has 0 spiro atoms. The van der Waals surface area contributed by atoms with E-state index in [-0.39, 0.29) is 26.2 Å². The van der Waals surface area contributed by atoms with Gasteiger partial charge in [-0.05, 0) is 20.8 Å². The quantitative estimate of drug-likeness (QED) is 0.151. The molecule has 0 unspecified atom stereocenters. The summed E-state index contributed by atoms with van der Waals surface area (Å²) >= 11 is 0. The SMILES string of the molecule is Cc1c(F)c(F)c(COC(O)(OCc2c(F)c(F)c(C)c(F)c2F)OCc2c(F)c(F)c(C)c(F)c2F)c(F)c1F.[Zr]. The molecule has 0 saturated carbocycles. The molecule has 1 N–H and O–H groups in total. The Morgan fingerprint density at radius 3 is 0.738 bits per heavy atom. The average Bonchev–Trinajstić information content (AvgIpc) is 2.94. The first-order chi connectivity index (χ1) is 18.9. The van der Waals surface area contributed by atoms with Gasteiger partial charge in [-0.15, -0.1) is 0 Å². The Labute approximate surface area is 247 Å². The zero-order valence-electron chi connectivity index (χ0n) is 21.3. The van der Waals surface area contributed by atoms with Gasteiger partial charge in [-0.2, -0.15) is 0 Å². The molecule has 0 bridgehead atoms. The first-order valence-corrected chi connectivity index (χ1v) is 11.0. The van der Waals surface area contributed by atoms with Crippen molar-refractivity contribution in [2.24, 2.45) is 0 Å². The molecule has 0 saturated heterocycles. The van der Waals surface area contributed by atoms with E-state index in [9.17, 15) is 57.8 Å². The predicted octanol–water partition coefficient (Wildman–Crippen LogP) is 6.83. The molecule has 0 aliphatic carbocycles. The van der Waals surface area contributed by atoms with E-state index < -0.39 is 129 Å². The fourth-order valence-corrected chi connectivity index (χ4v) is 3.36. The second kappa shape index (κ2) is 13.5. The second-order valence-corrected chi connectivity index (χ2v) is 8.47. The Balaban J connectivity index is 0.00000616. The molecule has 0 aliphatic rings. The summed E-state index contributed by atoms with van der Waals surface area (Å²) in [4.78, 5) is 0. The number of aliphatic hydroxyl groups is 1. The molecule has 0 heterocycles. The first kappa shape index (κ1) is 35.7. The van der Waals surface area contributed by atoms with Crippen molar-refractivity contribution in [1.82, 2.24) is 0 Å². The van der Waals surface area contributed by atoms with Gasteiger partial charge in [0.25, 0.3) is 0 Å². The fraction of sp³-hybridized carbons (Fsp3) is 0.280. The van der Waals surface area contributed by atoms with Gasteiger partial charge in [0, 0.05) is 42.9 Å². The van der Waals surface area contributed by atoms with Gasteiger partial charge in [0.1, 0.15) is 0 Å². The van der Waals surface area contributed by atoms with Gasteiger partial charge in [0.2, 0.25) is 0 Å². The van der Waals surface area contributed by atoms with Crippen molar-refractivity contribution in [1.29, 1.82) is 0 Å². The summed E-state index contributed by atoms with van der Waals surface area (Å²) < 4.78 is 183. The molecule has 0 fully saturated rings. The maximum Gasteiger partial charge on any atom is 0.411 e. The third-order valence-corrected chi connectivity index (χ3v) is 5.92. The van der Waals surface area contributed by atoms with E-state index in [4.69, 9.17) is 0 Å². The van der Waals surface area contributed by atoms with Crippen LogP contribution < -0.4 is 0 Å². The van der Waals surface area contributed by atoms with Crippen molar-refractivity contribution < 1.29 is 98.2 Å². The molecule has 228 valence electrons. The van der Waals surface area contributed by atoms with Crippen LogP contribution in [0.2, 0.25) is 0 Å². The van der Waals surface area contributed by atoms with Gasteiger partial charge < -0.3 is 5.11 Å². The molecule has 0 atom stereocenters. The number of rotatable bonds is 9. The third-order valence-electron chi connectivity index (χ3n) is 5.92. The largest absolute Gasteiger partial charge is 0.411 e. The van der Waals surface area contributed by atoms with Crippen LogP contribution in [0.15, 0.2) is 0 Å². The Hall–Kier alpha value is -2.46. The molecule has 0 aliphatic heterocycles. The van der Waals surface area contributed by atoms with Gasteiger partial charge in [0.05, 0.1) is 36.5 Å². The van der Waals surface area contributed by atoms with E-state index in [1.165, 1.54) is 0 Å². The van der Waals surface area contributed by atoms with Gasteiger partial charge in [-0.25, -0.2) is 52.7 Å². The van der Waals surface area contributed by atoms with Crippen LogP contribution >= 0.6 is 0 Å². The molecule has 3 aromatic carbocycles. The summed E-state index contributed by atoms with van der Waals surface area (Å²) in [6, 6.07) is 0. The minimum Gasteiger partial charge on any atom is -0.319 e. The zero-order chi connectivity index (χ0) is 31.1. The normalized spacial score (nSPS) is 11.7. The Morgan fingerprint density at radius 1 is 0.405 bits per heavy atom. The summed E-state index contributed by atoms with van der Waals surface area (Å²) in [6.07, 6.45) is -3.97. The predicted molar refractivity (Wildman–Crippen MR) is 112 cm³/mol. The molecule has 17 heteroatoms. The maximum atomic E-state index is 14.3. The summed E-state index contributed by atoms with van der Waals surface area (Å²) in [5.41, 5.74) is -8.00. The zero-order valence-corrected chi connectivity index (χ0v) is 23.8. The van der Waals surface area contributed by atoms with Crippen LogP contribution in [0.25, 0.3) is 0 Å². The minimum absolute atomic E-state index is 0. The van der Waals surface area contributed by atoms with E-state index in [1.807, 2.05) is 0 Å². The molecule has 0 amide bonds. The van der Waals surface area contributed by atoms with Crippen LogP contribution in [0, 0.1) is 90.6 Å². The van der Waals surface area contributed by atoms with Crippen LogP contribution in [-0.4, -0.2) is 11.3 Å². The number of benzene rings is 3. The number of hydrogen-bond donors (Lipinski definition) is 1. The summed E-state index contributed by atoms with van der Waals surface area (Å²) in [7, 11) is 0. The summed E-state index contributed by atoms with van der Waals surface area (Å²) in [5, 5.41) is 10.6. The molecule has 0 radical (unpaired) electrons. The van der Waals surface area contributed by atoms with Gasteiger partial charge in [-0.3, -0.25) is 14.2 Å². The first-order valence-electron chi connectivity index (χ1n) is 11.0. The van der Waals surface area contributed by atoms with Crippen molar-refractivity contribution in [3.05, 3.63) is 103 Å². The van der Waals surface area contributed by atoms with Gasteiger partial charge >= 0.3 is 6.16 Å². The standard InChI is InChI=1S/C25H16F12O4.Zr/c1-7-13(26)19(32)10(20(33)14(7)27)4-39-25(38,40-5-11-21(34)15(28)8(2)16(29)22(11)35)41-6-12-23(36)17(30)9(3)18(31)24(12)37;/h38H,4-6H2,1-3H3;. The van der Waals surface area contributed by atoms with E-state index >= 15 is 0 Å². The van der Waals surface area contributed by atoms with Crippen LogP contribution in [-0.2, 0) is 60.2 Å². The Kier molecular flexibility index (Phi) is 11.4. The van der Waals surface area contributed by atoms with E-state index in [0.29, 0.717) is 20.8 Å². The molecule has 0 aromatic heterocycles. The molecule has 3 rings (SSSR count). The van der Waals surface area contributed by atoms with Gasteiger partial charge in [0.15, 0.2) is 69.8 Å². The smallest absolute Gasteiger partial charge is 0.319 e. The van der Waals surface area contributed by atoms with Crippen LogP contribution in [0.3, 0.4) is 0 Å². The molecule has 4 nitrogen and oxygen atoms in total. The van der Waals surface area contributed by atoms with Crippen LogP contribution in [0.5, 0.6) is 0 Å². The third kappa shape index (κ3) is 6.54. The minimum atomic E-state index is -3.97. The molecular formula is C25H16F12O4Zr. The fourth-order valence-electron chi connectivity index (χ4n) is 3.36. The van der Waals surface area contributed by atoms with Crippen molar-refractivity contribution in [2.75, 3.05) is 0 Å². The number of ether oxygens (including phenoxy) is 3. The van der Waals surface area contributed by atoms with Crippen LogP contribution in [0.4, 0.5) is 52.7 Å². The van der Waals surface area contributed by atoms with E-state index in [0.717, 1.165) is 0 Å². The topological polar surface area (TPSA) is 47.9 Å². The molecule has 3 aromatic rings. The monoisotopic (exact) mass is 698 g/mol. The summed E-state index contributed by atoms with van der Waals surface area (Å²) in [6.45, 7) is -3.20. The molecular weight excluding hydrogens is 683 g/mol. The Morgan fingerprint density at radius 2 is 0.571 bits per heavy atom. The summed E-state index contributed by atoms with van der Waals surface area (Å²) in [5.74, 6) is -23.7. The maximum absolute atomic E-state index is 14.3. The van der Waals surface area contributed by atoms with Crippen molar-refractivity contribution in [3.63, 3.8) is 0 Å². The van der Waals surface area contributed by atoms with E-state index in [1.54, 1.807) is 0 Å². The van der Waals surface area contributed by atoms with Crippen LogP contribution in [0.1, 0.15) is 33.4 Å². The number of halogens is 12. The second-order valence-electron chi connectivity index (χ2n) is 8.47. The van der Waals surface area contributed by atoms with Crippen molar-refractivity contribution in [2.45, 2.75) is 46.8 Å². The molecule has 42 heavy (non-hydrogen) atoms.